The van der Waals surface area contributed by atoms with Crippen LogP contribution in [0.1, 0.15) is 100.0 Å². The third kappa shape index (κ3) is 5.90. The first kappa shape index (κ1) is 31.8. The third-order valence-electron chi connectivity index (χ3n) is 8.36. The lowest BCUT2D eigenvalue weighted by Crippen LogP contribution is -2.19. The maximum absolute atomic E-state index is 15.1. The molecule has 1 heterocycles. The molecule has 1 aromatic heterocycles. The van der Waals surface area contributed by atoms with E-state index in [4.69, 9.17) is 16.3 Å². The first-order valence-corrected chi connectivity index (χ1v) is 17.0. The predicted octanol–water partition coefficient (Wildman–Crippen LogP) is 9.90. The van der Waals surface area contributed by atoms with Crippen molar-refractivity contribution in [2.45, 2.75) is 83.6 Å². The summed E-state index contributed by atoms with van der Waals surface area (Å²) in [5.74, 6) is -0.774. The van der Waals surface area contributed by atoms with Crippen molar-refractivity contribution >= 4 is 49.4 Å². The van der Waals surface area contributed by atoms with Gasteiger partial charge in [0.05, 0.1) is 21.8 Å². The van der Waals surface area contributed by atoms with Gasteiger partial charge in [0.1, 0.15) is 6.61 Å². The number of benzene rings is 4. The highest BCUT2D eigenvalue weighted by molar-refractivity contribution is 7.90. The molecular formula is C37H40ClNO4S. The van der Waals surface area contributed by atoms with Crippen LogP contribution in [0.5, 0.6) is 0 Å². The summed E-state index contributed by atoms with van der Waals surface area (Å²) in [7, 11) is -4.11. The van der Waals surface area contributed by atoms with Gasteiger partial charge in [-0.3, -0.25) is 4.79 Å². The number of rotatable bonds is 9. The molecule has 5 rings (SSSR count). The molecule has 1 unspecified atom stereocenters. The van der Waals surface area contributed by atoms with Crippen molar-refractivity contribution in [2.24, 2.45) is 0 Å². The number of hydrogen-bond donors (Lipinski definition) is 0. The summed E-state index contributed by atoms with van der Waals surface area (Å²) in [6, 6.07) is 24.5. The third-order valence-corrected chi connectivity index (χ3v) is 10.5. The van der Waals surface area contributed by atoms with E-state index in [1.54, 1.807) is 25.1 Å². The summed E-state index contributed by atoms with van der Waals surface area (Å²) in [5, 5.41) is 2.00. The first-order chi connectivity index (χ1) is 20.8. The van der Waals surface area contributed by atoms with E-state index >= 15 is 8.42 Å². The van der Waals surface area contributed by atoms with Gasteiger partial charge < -0.3 is 4.74 Å². The lowest BCUT2D eigenvalue weighted by atomic mass is 9.89. The largest absolute Gasteiger partial charge is 0.460 e. The number of aromatic nitrogens is 1. The summed E-state index contributed by atoms with van der Waals surface area (Å²) >= 11 is 6.43. The average Bonchev–Trinajstić information content (AvgIpc) is 3.32. The van der Waals surface area contributed by atoms with Gasteiger partial charge in [0.2, 0.25) is 0 Å². The molecule has 0 radical (unpaired) electrons. The van der Waals surface area contributed by atoms with Crippen molar-refractivity contribution in [2.75, 3.05) is 0 Å². The second kappa shape index (κ2) is 12.4. The maximum Gasteiger partial charge on any atom is 0.313 e. The van der Waals surface area contributed by atoms with Crippen molar-refractivity contribution < 1.29 is 17.9 Å². The summed E-state index contributed by atoms with van der Waals surface area (Å²) in [4.78, 5) is 13.5. The van der Waals surface area contributed by atoms with Gasteiger partial charge in [-0.05, 0) is 76.8 Å². The van der Waals surface area contributed by atoms with Crippen molar-refractivity contribution in [3.63, 3.8) is 0 Å². The topological polar surface area (TPSA) is 65.4 Å². The molecule has 0 bridgehead atoms. The molecule has 0 aliphatic rings. The average molecular weight is 630 g/mol. The number of halogens is 1. The molecule has 5 nitrogen and oxygen atoms in total. The summed E-state index contributed by atoms with van der Waals surface area (Å²) in [5.41, 5.74) is 5.34. The lowest BCUT2D eigenvalue weighted by molar-refractivity contribution is -0.146. The molecule has 7 heteroatoms. The summed E-state index contributed by atoms with van der Waals surface area (Å²) in [6.45, 7) is 14.4. The van der Waals surface area contributed by atoms with Crippen LogP contribution in [0, 0.1) is 0 Å². The molecular weight excluding hydrogens is 590 g/mol. The molecule has 0 N–H and O–H groups in total. The zero-order valence-corrected chi connectivity index (χ0v) is 28.0. The summed E-state index contributed by atoms with van der Waals surface area (Å²) in [6.07, 6.45) is 0. The monoisotopic (exact) mass is 629 g/mol. The SMILES string of the molecule is CC(C)c1cc(C(C)C)c(S(=O)(=O)n2c3ccc(Cl)cc3c3ccc(C(C)C(=O)OCc4ccccc4)cc32)c(C(C)C)c1. The highest BCUT2D eigenvalue weighted by Gasteiger charge is 2.31. The zero-order chi connectivity index (χ0) is 31.9. The molecule has 0 saturated carbocycles. The van der Waals surface area contributed by atoms with E-state index in [0.29, 0.717) is 26.5 Å². The number of nitrogens with zero attached hydrogens (tertiary/aromatic N) is 1. The van der Waals surface area contributed by atoms with E-state index in [2.05, 4.69) is 26.0 Å². The normalized spacial score (nSPS) is 13.0. The van der Waals surface area contributed by atoms with Crippen LogP contribution in [0.15, 0.2) is 83.8 Å². The van der Waals surface area contributed by atoms with Crippen LogP contribution in [-0.2, 0) is 26.2 Å². The van der Waals surface area contributed by atoms with E-state index in [1.165, 1.54) is 3.97 Å². The lowest BCUT2D eigenvalue weighted by Gasteiger charge is -2.23. The molecule has 0 amide bonds. The van der Waals surface area contributed by atoms with Crippen LogP contribution in [0.4, 0.5) is 0 Å². The van der Waals surface area contributed by atoms with E-state index in [0.717, 1.165) is 33.0 Å². The molecule has 0 spiro atoms. The van der Waals surface area contributed by atoms with Gasteiger partial charge in [-0.1, -0.05) is 108 Å². The minimum absolute atomic E-state index is 0.0199. The Morgan fingerprint density at radius 3 is 1.95 bits per heavy atom. The standard InChI is InChI=1S/C37H40ClNO4S/c1-22(2)28-17-31(23(3)4)36(32(18-28)24(5)6)44(41,42)39-34-16-14-29(38)20-33(34)30-15-13-27(19-35(30)39)25(7)37(40)43-21-26-11-9-8-10-12-26/h8-20,22-25H,21H2,1-7H3. The van der Waals surface area contributed by atoms with Gasteiger partial charge in [-0.25, -0.2) is 12.4 Å². The Morgan fingerprint density at radius 1 is 0.727 bits per heavy atom. The van der Waals surface area contributed by atoms with Crippen LogP contribution in [-0.4, -0.2) is 18.4 Å². The Kier molecular flexibility index (Phi) is 8.97. The first-order valence-electron chi connectivity index (χ1n) is 15.2. The number of carbonyl (C=O) groups is 1. The number of esters is 1. The molecule has 4 aromatic carbocycles. The number of fused-ring (bicyclic) bond motifs is 3. The predicted molar refractivity (Wildman–Crippen MR) is 180 cm³/mol. The minimum atomic E-state index is -4.11. The molecule has 0 fully saturated rings. The van der Waals surface area contributed by atoms with E-state index in [9.17, 15) is 4.79 Å². The second-order valence-corrected chi connectivity index (χ2v) is 14.7. The van der Waals surface area contributed by atoms with Gasteiger partial charge >= 0.3 is 5.97 Å². The van der Waals surface area contributed by atoms with Crippen molar-refractivity contribution in [3.8, 4) is 0 Å². The Balaban J connectivity index is 1.72. The molecule has 230 valence electrons. The minimum Gasteiger partial charge on any atom is -0.460 e. The van der Waals surface area contributed by atoms with E-state index < -0.39 is 15.9 Å². The van der Waals surface area contributed by atoms with Crippen LogP contribution in [0.2, 0.25) is 5.02 Å². The number of ether oxygens (including phenoxy) is 1. The molecule has 44 heavy (non-hydrogen) atoms. The van der Waals surface area contributed by atoms with Crippen molar-refractivity contribution in [1.29, 1.82) is 0 Å². The van der Waals surface area contributed by atoms with Crippen LogP contribution >= 0.6 is 11.6 Å². The molecule has 0 saturated heterocycles. The van der Waals surface area contributed by atoms with Gasteiger partial charge in [0.25, 0.3) is 10.0 Å². The molecule has 1 atom stereocenters. The van der Waals surface area contributed by atoms with Crippen LogP contribution in [0.3, 0.4) is 0 Å². The number of carbonyl (C=O) groups excluding carboxylic acids is 1. The number of hydrogen-bond acceptors (Lipinski definition) is 4. The molecule has 0 aliphatic carbocycles. The Bertz CT molecular complexity index is 1930. The molecule has 5 aromatic rings. The van der Waals surface area contributed by atoms with E-state index in [-0.39, 0.29) is 30.3 Å². The Labute approximate surface area is 265 Å². The van der Waals surface area contributed by atoms with Gasteiger partial charge in [-0.2, -0.15) is 0 Å². The van der Waals surface area contributed by atoms with Gasteiger partial charge in [-0.15, -0.1) is 0 Å². The quantitative estimate of drug-likeness (QED) is 0.152. The fourth-order valence-corrected chi connectivity index (χ4v) is 8.14. The van der Waals surface area contributed by atoms with Gasteiger partial charge in [0.15, 0.2) is 0 Å². The second-order valence-electron chi connectivity index (χ2n) is 12.5. The smallest absolute Gasteiger partial charge is 0.313 e. The van der Waals surface area contributed by atoms with Crippen LogP contribution in [0.25, 0.3) is 21.8 Å². The summed E-state index contributed by atoms with van der Waals surface area (Å²) < 4.78 is 37.2. The zero-order valence-electron chi connectivity index (χ0n) is 26.4. The van der Waals surface area contributed by atoms with E-state index in [1.807, 2.05) is 76.2 Å². The fraction of sp³-hybridized carbons (Fsp3) is 0.324. The molecule has 0 aliphatic heterocycles. The van der Waals surface area contributed by atoms with Crippen molar-refractivity contribution in [1.82, 2.24) is 3.97 Å². The van der Waals surface area contributed by atoms with Crippen molar-refractivity contribution in [3.05, 3.63) is 112 Å². The highest BCUT2D eigenvalue weighted by Crippen LogP contribution is 2.41. The maximum atomic E-state index is 15.1. The fourth-order valence-electron chi connectivity index (χ4n) is 5.77. The Hall–Kier alpha value is -3.61. The Morgan fingerprint density at radius 2 is 1.36 bits per heavy atom. The highest BCUT2D eigenvalue weighted by atomic mass is 35.5. The van der Waals surface area contributed by atoms with Gasteiger partial charge in [0, 0.05) is 15.8 Å². The van der Waals surface area contributed by atoms with Crippen LogP contribution < -0.4 is 0 Å².